The molecule has 0 saturated carbocycles. The molecule has 1 aromatic rings. The second-order valence-electron chi connectivity index (χ2n) is 5.05. The zero-order valence-corrected chi connectivity index (χ0v) is 11.0. The highest BCUT2D eigenvalue weighted by atomic mass is 16.5. The molecule has 0 unspecified atom stereocenters. The Labute approximate surface area is 104 Å². The molecule has 0 aromatic heterocycles. The molecule has 1 aliphatic heterocycles. The summed E-state index contributed by atoms with van der Waals surface area (Å²) < 4.78 is 5.88. The molecule has 1 aliphatic rings. The number of hydrogen-bond acceptors (Lipinski definition) is 2. The van der Waals surface area contributed by atoms with Gasteiger partial charge in [-0.2, -0.15) is 0 Å². The summed E-state index contributed by atoms with van der Waals surface area (Å²) in [6.07, 6.45) is 5.11. The molecule has 94 valence electrons. The first kappa shape index (κ1) is 12.4. The first-order valence-electron chi connectivity index (χ1n) is 6.69. The first-order chi connectivity index (χ1) is 8.25. The van der Waals surface area contributed by atoms with Gasteiger partial charge < -0.3 is 10.1 Å². The van der Waals surface area contributed by atoms with E-state index in [4.69, 9.17) is 4.74 Å². The first-order valence-corrected chi connectivity index (χ1v) is 6.69. The number of piperidine rings is 1. The van der Waals surface area contributed by atoms with Crippen LogP contribution in [0.4, 0.5) is 0 Å². The Hall–Kier alpha value is -1.02. The molecular weight excluding hydrogens is 210 g/mol. The maximum Gasteiger partial charge on any atom is 0.122 e. The monoisotopic (exact) mass is 233 g/mol. The number of benzene rings is 1. The molecule has 1 saturated heterocycles. The molecule has 1 heterocycles. The fourth-order valence-corrected chi connectivity index (χ4v) is 2.34. The van der Waals surface area contributed by atoms with Gasteiger partial charge in [0.25, 0.3) is 0 Å². The van der Waals surface area contributed by atoms with Crippen LogP contribution in [0.2, 0.25) is 0 Å². The van der Waals surface area contributed by atoms with Crippen molar-refractivity contribution in [2.45, 2.75) is 45.6 Å². The molecule has 1 aromatic carbocycles. The molecule has 1 fully saturated rings. The van der Waals surface area contributed by atoms with Gasteiger partial charge in [0.1, 0.15) is 5.75 Å². The van der Waals surface area contributed by atoms with Crippen molar-refractivity contribution in [3.63, 3.8) is 0 Å². The van der Waals surface area contributed by atoms with E-state index in [0.717, 1.165) is 18.8 Å². The second kappa shape index (κ2) is 6.06. The summed E-state index contributed by atoms with van der Waals surface area (Å²) in [6.45, 7) is 6.21. The van der Waals surface area contributed by atoms with Crippen LogP contribution >= 0.6 is 0 Å². The standard InChI is InChI=1S/C15H23NO/c1-12-6-7-13(2)15(11-12)17-10-8-14-5-3-4-9-16-14/h6-7,11,14,16H,3-5,8-10H2,1-2H3/t14-/m0/s1. The molecular formula is C15H23NO. The Morgan fingerprint density at radius 3 is 2.94 bits per heavy atom. The number of rotatable bonds is 4. The molecule has 0 spiro atoms. The quantitative estimate of drug-likeness (QED) is 0.862. The highest BCUT2D eigenvalue weighted by molar-refractivity contribution is 5.35. The average molecular weight is 233 g/mol. The summed E-state index contributed by atoms with van der Waals surface area (Å²) >= 11 is 0. The number of hydrogen-bond donors (Lipinski definition) is 1. The molecule has 1 atom stereocenters. The van der Waals surface area contributed by atoms with Gasteiger partial charge in [0.05, 0.1) is 6.61 Å². The molecule has 1 N–H and O–H groups in total. The maximum atomic E-state index is 5.88. The molecule has 0 aliphatic carbocycles. The van der Waals surface area contributed by atoms with E-state index in [1.807, 2.05) is 0 Å². The molecule has 2 nitrogen and oxygen atoms in total. The largest absolute Gasteiger partial charge is 0.493 e. The lowest BCUT2D eigenvalue weighted by molar-refractivity contribution is 0.267. The summed E-state index contributed by atoms with van der Waals surface area (Å²) in [4.78, 5) is 0. The van der Waals surface area contributed by atoms with Gasteiger partial charge in [0, 0.05) is 6.04 Å². The Bertz CT molecular complexity index is 356. The summed E-state index contributed by atoms with van der Waals surface area (Å²) in [6, 6.07) is 7.05. The minimum absolute atomic E-state index is 0.661. The van der Waals surface area contributed by atoms with E-state index in [0.29, 0.717) is 6.04 Å². The Morgan fingerprint density at radius 2 is 2.18 bits per heavy atom. The van der Waals surface area contributed by atoms with Crippen molar-refractivity contribution in [3.05, 3.63) is 29.3 Å². The van der Waals surface area contributed by atoms with Gasteiger partial charge in [0.2, 0.25) is 0 Å². The molecule has 2 rings (SSSR count). The number of ether oxygens (including phenoxy) is 1. The predicted molar refractivity (Wildman–Crippen MR) is 71.7 cm³/mol. The zero-order chi connectivity index (χ0) is 12.1. The Kier molecular flexibility index (Phi) is 4.43. The SMILES string of the molecule is Cc1ccc(C)c(OCC[C@@H]2CCCCN2)c1. The van der Waals surface area contributed by atoms with Crippen molar-refractivity contribution in [1.82, 2.24) is 5.32 Å². The van der Waals surface area contributed by atoms with Crippen molar-refractivity contribution in [3.8, 4) is 5.75 Å². The normalized spacial score (nSPS) is 20.2. The summed E-state index contributed by atoms with van der Waals surface area (Å²) in [5, 5.41) is 3.55. The van der Waals surface area contributed by atoms with Crippen LogP contribution in [-0.4, -0.2) is 19.2 Å². The van der Waals surface area contributed by atoms with Crippen LogP contribution in [0.25, 0.3) is 0 Å². The van der Waals surface area contributed by atoms with E-state index in [1.165, 1.54) is 36.9 Å². The second-order valence-corrected chi connectivity index (χ2v) is 5.05. The van der Waals surface area contributed by atoms with Crippen LogP contribution < -0.4 is 10.1 Å². The minimum atomic E-state index is 0.661. The van der Waals surface area contributed by atoms with Crippen LogP contribution in [0.3, 0.4) is 0 Å². The molecule has 17 heavy (non-hydrogen) atoms. The van der Waals surface area contributed by atoms with E-state index in [1.54, 1.807) is 0 Å². The van der Waals surface area contributed by atoms with E-state index >= 15 is 0 Å². The lowest BCUT2D eigenvalue weighted by Crippen LogP contribution is -2.35. The minimum Gasteiger partial charge on any atom is -0.493 e. The summed E-state index contributed by atoms with van der Waals surface area (Å²) in [5.41, 5.74) is 2.49. The van der Waals surface area contributed by atoms with E-state index < -0.39 is 0 Å². The highest BCUT2D eigenvalue weighted by Gasteiger charge is 2.12. The van der Waals surface area contributed by atoms with Gasteiger partial charge in [-0.05, 0) is 56.8 Å². The Morgan fingerprint density at radius 1 is 1.29 bits per heavy atom. The van der Waals surface area contributed by atoms with E-state index in [-0.39, 0.29) is 0 Å². The van der Waals surface area contributed by atoms with Crippen LogP contribution in [-0.2, 0) is 0 Å². The predicted octanol–water partition coefficient (Wildman–Crippen LogP) is 3.21. The van der Waals surface area contributed by atoms with Crippen molar-refractivity contribution >= 4 is 0 Å². The van der Waals surface area contributed by atoms with Gasteiger partial charge in [-0.3, -0.25) is 0 Å². The molecule has 0 bridgehead atoms. The van der Waals surface area contributed by atoms with E-state index in [9.17, 15) is 0 Å². The lowest BCUT2D eigenvalue weighted by atomic mass is 10.0. The summed E-state index contributed by atoms with van der Waals surface area (Å²) in [5.74, 6) is 1.04. The zero-order valence-electron chi connectivity index (χ0n) is 11.0. The fourth-order valence-electron chi connectivity index (χ4n) is 2.34. The smallest absolute Gasteiger partial charge is 0.122 e. The number of aryl methyl sites for hydroxylation is 2. The molecule has 0 amide bonds. The van der Waals surface area contributed by atoms with Gasteiger partial charge >= 0.3 is 0 Å². The highest BCUT2D eigenvalue weighted by Crippen LogP contribution is 2.19. The van der Waals surface area contributed by atoms with Crippen LogP contribution in [0, 0.1) is 13.8 Å². The lowest BCUT2D eigenvalue weighted by Gasteiger charge is -2.23. The van der Waals surface area contributed by atoms with Crippen molar-refractivity contribution in [1.29, 1.82) is 0 Å². The third-order valence-corrected chi connectivity index (χ3v) is 3.48. The topological polar surface area (TPSA) is 21.3 Å². The third kappa shape index (κ3) is 3.74. The van der Waals surface area contributed by atoms with Gasteiger partial charge in [-0.25, -0.2) is 0 Å². The van der Waals surface area contributed by atoms with Crippen molar-refractivity contribution < 1.29 is 4.74 Å². The van der Waals surface area contributed by atoms with Crippen molar-refractivity contribution in [2.75, 3.05) is 13.2 Å². The van der Waals surface area contributed by atoms with Crippen LogP contribution in [0.1, 0.15) is 36.8 Å². The Balaban J connectivity index is 1.79. The molecule has 2 heteroatoms. The van der Waals surface area contributed by atoms with Crippen LogP contribution in [0.15, 0.2) is 18.2 Å². The number of nitrogens with one attached hydrogen (secondary N) is 1. The van der Waals surface area contributed by atoms with Gasteiger partial charge in [-0.1, -0.05) is 18.6 Å². The van der Waals surface area contributed by atoms with E-state index in [2.05, 4.69) is 37.4 Å². The molecule has 0 radical (unpaired) electrons. The van der Waals surface area contributed by atoms with Gasteiger partial charge in [-0.15, -0.1) is 0 Å². The van der Waals surface area contributed by atoms with Crippen molar-refractivity contribution in [2.24, 2.45) is 0 Å². The third-order valence-electron chi connectivity index (χ3n) is 3.48. The summed E-state index contributed by atoms with van der Waals surface area (Å²) in [7, 11) is 0. The van der Waals surface area contributed by atoms with Gasteiger partial charge in [0.15, 0.2) is 0 Å². The van der Waals surface area contributed by atoms with Crippen LogP contribution in [0.5, 0.6) is 5.75 Å². The maximum absolute atomic E-state index is 5.88. The fraction of sp³-hybridized carbons (Fsp3) is 0.600. The average Bonchev–Trinajstić information content (AvgIpc) is 2.35.